The van der Waals surface area contributed by atoms with E-state index in [0.717, 1.165) is 15.7 Å². The van der Waals surface area contributed by atoms with Crippen LogP contribution in [0.1, 0.15) is 27.6 Å². The number of nitrogens with zero attached hydrogens (tertiary/aromatic N) is 3. The molecule has 0 aliphatic carbocycles. The summed E-state index contributed by atoms with van der Waals surface area (Å²) >= 11 is 0. The standard InChI is InChI=1S/C21H24N4O8/c1-2-33-20(31)16(25-18(29)13-5-3-4-6-14(13)19(25)30)12-24-11-15(17(28)22-21(24)32)23(7-9-26)8-10-27/h3-6,11,16,26-27H,2,7-10,12H2,1H3,(H,22,28,32). The van der Waals surface area contributed by atoms with Gasteiger partial charge in [-0.1, -0.05) is 12.1 Å². The monoisotopic (exact) mass is 460 g/mol. The average molecular weight is 460 g/mol. The van der Waals surface area contributed by atoms with E-state index in [9.17, 15) is 34.2 Å². The lowest BCUT2D eigenvalue weighted by Crippen LogP contribution is -2.50. The van der Waals surface area contributed by atoms with Crippen LogP contribution < -0.4 is 16.1 Å². The first-order valence-electron chi connectivity index (χ1n) is 10.3. The molecule has 2 amide bonds. The van der Waals surface area contributed by atoms with Gasteiger partial charge in [0, 0.05) is 19.3 Å². The number of fused-ring (bicyclic) bond motifs is 1. The van der Waals surface area contributed by atoms with Crippen molar-refractivity contribution in [3.63, 3.8) is 0 Å². The maximum absolute atomic E-state index is 12.9. The van der Waals surface area contributed by atoms with Crippen molar-refractivity contribution in [2.24, 2.45) is 0 Å². The van der Waals surface area contributed by atoms with Gasteiger partial charge in [-0.15, -0.1) is 0 Å². The first kappa shape index (κ1) is 23.9. The van der Waals surface area contributed by atoms with Crippen LogP contribution in [0.2, 0.25) is 0 Å². The molecule has 0 saturated heterocycles. The Morgan fingerprint density at radius 1 is 1.06 bits per heavy atom. The number of esters is 1. The topological polar surface area (TPSA) is 162 Å². The molecule has 1 atom stereocenters. The molecule has 1 aromatic heterocycles. The zero-order chi connectivity index (χ0) is 24.1. The Morgan fingerprint density at radius 2 is 1.64 bits per heavy atom. The number of hydrogen-bond acceptors (Lipinski definition) is 9. The van der Waals surface area contributed by atoms with Crippen LogP contribution in [-0.4, -0.2) is 81.4 Å². The van der Waals surface area contributed by atoms with E-state index < -0.39 is 41.6 Å². The number of aliphatic hydroxyl groups is 2. The number of aromatic nitrogens is 2. The van der Waals surface area contributed by atoms with E-state index in [-0.39, 0.29) is 49.7 Å². The summed E-state index contributed by atoms with van der Waals surface area (Å²) in [7, 11) is 0. The van der Waals surface area contributed by atoms with Crippen molar-refractivity contribution in [1.29, 1.82) is 0 Å². The summed E-state index contributed by atoms with van der Waals surface area (Å²) in [6.07, 6.45) is 1.15. The second kappa shape index (κ2) is 10.2. The Labute approximate surface area is 187 Å². The molecule has 3 rings (SSSR count). The SMILES string of the molecule is CCOC(=O)C(Cn1cc(N(CCO)CCO)c(=O)[nH]c1=O)N1C(=O)c2ccccc2C1=O. The minimum atomic E-state index is -1.47. The highest BCUT2D eigenvalue weighted by molar-refractivity contribution is 6.22. The number of hydrogen-bond donors (Lipinski definition) is 3. The number of imide groups is 1. The quantitative estimate of drug-likeness (QED) is 0.285. The predicted octanol–water partition coefficient (Wildman–Crippen LogP) is -1.44. The van der Waals surface area contributed by atoms with E-state index in [0.29, 0.717) is 0 Å². The van der Waals surface area contributed by atoms with Crippen LogP contribution in [0, 0.1) is 0 Å². The van der Waals surface area contributed by atoms with Crippen LogP contribution in [-0.2, 0) is 16.1 Å². The Bertz CT molecular complexity index is 1130. The van der Waals surface area contributed by atoms with Crippen LogP contribution in [0.3, 0.4) is 0 Å². The summed E-state index contributed by atoms with van der Waals surface area (Å²) < 4.78 is 6.03. The van der Waals surface area contributed by atoms with Crippen molar-refractivity contribution < 1.29 is 29.3 Å². The van der Waals surface area contributed by atoms with E-state index in [1.165, 1.54) is 17.0 Å². The van der Waals surface area contributed by atoms with Gasteiger partial charge in [-0.3, -0.25) is 28.8 Å². The van der Waals surface area contributed by atoms with Gasteiger partial charge in [0.1, 0.15) is 5.69 Å². The molecule has 0 spiro atoms. The first-order chi connectivity index (χ1) is 15.8. The minimum absolute atomic E-state index is 0.00154. The van der Waals surface area contributed by atoms with E-state index in [1.807, 2.05) is 0 Å². The van der Waals surface area contributed by atoms with Gasteiger partial charge in [0.15, 0.2) is 6.04 Å². The van der Waals surface area contributed by atoms with Gasteiger partial charge in [0.05, 0.1) is 37.5 Å². The molecule has 3 N–H and O–H groups in total. The number of nitrogens with one attached hydrogen (secondary N) is 1. The highest BCUT2D eigenvalue weighted by Crippen LogP contribution is 2.25. The van der Waals surface area contributed by atoms with E-state index in [4.69, 9.17) is 4.74 Å². The van der Waals surface area contributed by atoms with Gasteiger partial charge >= 0.3 is 11.7 Å². The van der Waals surface area contributed by atoms with Crippen LogP contribution in [0.15, 0.2) is 40.1 Å². The molecule has 12 heteroatoms. The maximum Gasteiger partial charge on any atom is 0.331 e. The number of rotatable bonds is 10. The number of aromatic amines is 1. The van der Waals surface area contributed by atoms with Gasteiger partial charge < -0.3 is 19.8 Å². The fraction of sp³-hybridized carbons (Fsp3) is 0.381. The Morgan fingerprint density at radius 3 is 2.15 bits per heavy atom. The molecule has 1 aliphatic rings. The van der Waals surface area contributed by atoms with Crippen LogP contribution in [0.5, 0.6) is 0 Å². The fourth-order valence-electron chi connectivity index (χ4n) is 3.63. The van der Waals surface area contributed by atoms with Crippen molar-refractivity contribution in [1.82, 2.24) is 14.5 Å². The lowest BCUT2D eigenvalue weighted by Gasteiger charge is -2.26. The number of carbonyl (C=O) groups is 3. The lowest BCUT2D eigenvalue weighted by atomic mass is 10.1. The number of benzene rings is 1. The molecule has 1 unspecified atom stereocenters. The summed E-state index contributed by atoms with van der Waals surface area (Å²) in [6, 6.07) is 4.62. The lowest BCUT2D eigenvalue weighted by molar-refractivity contribution is -0.148. The van der Waals surface area contributed by atoms with Gasteiger partial charge in [-0.05, 0) is 19.1 Å². The molecule has 0 bridgehead atoms. The van der Waals surface area contributed by atoms with E-state index >= 15 is 0 Å². The Kier molecular flexibility index (Phi) is 7.41. The summed E-state index contributed by atoms with van der Waals surface area (Å²) in [5.74, 6) is -2.30. The predicted molar refractivity (Wildman–Crippen MR) is 115 cm³/mol. The van der Waals surface area contributed by atoms with Gasteiger partial charge in [0.2, 0.25) is 0 Å². The molecular formula is C21H24N4O8. The summed E-state index contributed by atoms with van der Waals surface area (Å²) in [5, 5.41) is 18.5. The molecule has 0 fully saturated rings. The zero-order valence-electron chi connectivity index (χ0n) is 17.9. The molecule has 176 valence electrons. The molecule has 2 heterocycles. The number of ether oxygens (including phenoxy) is 1. The number of amides is 2. The van der Waals surface area contributed by atoms with Gasteiger partial charge in [-0.25, -0.2) is 9.59 Å². The summed E-state index contributed by atoms with van der Waals surface area (Å²) in [4.78, 5) is 67.6. The van der Waals surface area contributed by atoms with Crippen LogP contribution >= 0.6 is 0 Å². The number of carbonyl (C=O) groups excluding carboxylic acids is 3. The number of anilines is 1. The van der Waals surface area contributed by atoms with Crippen molar-refractivity contribution in [3.05, 3.63) is 62.4 Å². The Balaban J connectivity index is 2.03. The molecule has 1 aliphatic heterocycles. The van der Waals surface area contributed by atoms with Crippen molar-refractivity contribution >= 4 is 23.5 Å². The summed E-state index contributed by atoms with van der Waals surface area (Å²) in [6.45, 7) is 0.425. The molecule has 1 aromatic carbocycles. The smallest absolute Gasteiger partial charge is 0.331 e. The number of aliphatic hydroxyl groups excluding tert-OH is 2. The van der Waals surface area contributed by atoms with Gasteiger partial charge in [-0.2, -0.15) is 0 Å². The van der Waals surface area contributed by atoms with Crippen molar-refractivity contribution in [3.8, 4) is 0 Å². The molecular weight excluding hydrogens is 436 g/mol. The first-order valence-corrected chi connectivity index (χ1v) is 10.3. The molecule has 0 radical (unpaired) electrons. The normalized spacial score (nSPS) is 13.7. The highest BCUT2D eigenvalue weighted by atomic mass is 16.5. The Hall–Kier alpha value is -3.77. The van der Waals surface area contributed by atoms with E-state index in [2.05, 4.69) is 4.98 Å². The largest absolute Gasteiger partial charge is 0.464 e. The van der Waals surface area contributed by atoms with Crippen molar-refractivity contribution in [2.75, 3.05) is 37.8 Å². The van der Waals surface area contributed by atoms with Gasteiger partial charge in [0.25, 0.3) is 17.4 Å². The molecule has 12 nitrogen and oxygen atoms in total. The average Bonchev–Trinajstić information content (AvgIpc) is 3.04. The highest BCUT2D eigenvalue weighted by Gasteiger charge is 2.43. The summed E-state index contributed by atoms with van der Waals surface area (Å²) in [5.41, 5.74) is -1.41. The number of H-pyrrole nitrogens is 1. The second-order valence-electron chi connectivity index (χ2n) is 7.15. The van der Waals surface area contributed by atoms with Crippen LogP contribution in [0.4, 0.5) is 5.69 Å². The van der Waals surface area contributed by atoms with E-state index in [1.54, 1.807) is 19.1 Å². The third kappa shape index (κ3) is 4.71. The second-order valence-corrected chi connectivity index (χ2v) is 7.15. The van der Waals surface area contributed by atoms with Crippen LogP contribution in [0.25, 0.3) is 0 Å². The van der Waals surface area contributed by atoms with Crippen molar-refractivity contribution in [2.45, 2.75) is 19.5 Å². The molecule has 0 saturated carbocycles. The molecule has 2 aromatic rings. The zero-order valence-corrected chi connectivity index (χ0v) is 17.9. The third-order valence-electron chi connectivity index (χ3n) is 5.14. The molecule has 33 heavy (non-hydrogen) atoms. The third-order valence-corrected chi connectivity index (χ3v) is 5.14. The fourth-order valence-corrected chi connectivity index (χ4v) is 3.63. The minimum Gasteiger partial charge on any atom is -0.464 e. The maximum atomic E-state index is 12.9.